The molecule has 8 N–H and O–H groups in total. The third-order valence-electron chi connectivity index (χ3n) is 2.26. The van der Waals surface area contributed by atoms with Crippen LogP contribution in [0.5, 0.6) is 0 Å². The molecule has 0 fully saturated rings. The Bertz CT molecular complexity index is 450. The van der Waals surface area contributed by atoms with Gasteiger partial charge in [-0.15, -0.1) is 0 Å². The average Bonchev–Trinajstić information content (AvgIpc) is 2.65. The maximum atomic E-state index is 10.5. The first-order valence-corrected chi connectivity index (χ1v) is 5.50. The van der Waals surface area contributed by atoms with Crippen LogP contribution in [-0.2, 0) is 14.3 Å². The smallest absolute Gasteiger partial charge is 0.377 e. The van der Waals surface area contributed by atoms with Crippen LogP contribution in [0.1, 0.15) is 0 Å². The zero-order valence-corrected chi connectivity index (χ0v) is 11.1. The fourth-order valence-electron chi connectivity index (χ4n) is 1.11. The second-order valence-corrected chi connectivity index (χ2v) is 3.94. The molecule has 1 aliphatic heterocycles. The first-order chi connectivity index (χ1) is 9.61. The molecular formula is C10H17N3O8. The maximum Gasteiger partial charge on any atom is 0.377 e. The first-order valence-electron chi connectivity index (χ1n) is 5.50. The molecule has 1 aliphatic rings. The summed E-state index contributed by atoms with van der Waals surface area (Å²) in [5.74, 6) is -4.01. The van der Waals surface area contributed by atoms with Gasteiger partial charge in [0.05, 0.1) is 6.61 Å². The summed E-state index contributed by atoms with van der Waals surface area (Å²) in [6.45, 7) is -0.898. The summed E-state index contributed by atoms with van der Waals surface area (Å²) in [6, 6.07) is 0. The Morgan fingerprint density at radius 1 is 1.52 bits per heavy atom. The summed E-state index contributed by atoms with van der Waals surface area (Å²) in [4.78, 5) is 21.6. The number of carbonyl (C=O) groups is 2. The molecule has 0 aromatic heterocycles. The van der Waals surface area contributed by atoms with Gasteiger partial charge in [0, 0.05) is 7.05 Å². The molecule has 0 radical (unpaired) electrons. The van der Waals surface area contributed by atoms with Crippen molar-refractivity contribution < 1.29 is 39.9 Å². The maximum absolute atomic E-state index is 10.5. The predicted molar refractivity (Wildman–Crippen MR) is 67.4 cm³/mol. The van der Waals surface area contributed by atoms with Crippen molar-refractivity contribution in [2.75, 3.05) is 20.2 Å². The summed E-state index contributed by atoms with van der Waals surface area (Å²) in [5.41, 5.74) is 4.93. The van der Waals surface area contributed by atoms with E-state index in [4.69, 9.17) is 36.7 Å². The summed E-state index contributed by atoms with van der Waals surface area (Å²) in [6.07, 6.45) is -2.78. The zero-order chi connectivity index (χ0) is 16.7. The molecule has 0 saturated carbocycles. The highest BCUT2D eigenvalue weighted by Gasteiger charge is 2.38. The number of rotatable bonds is 4. The van der Waals surface area contributed by atoms with E-state index in [1.54, 1.807) is 0 Å². The monoisotopic (exact) mass is 307 g/mol. The van der Waals surface area contributed by atoms with E-state index in [-0.39, 0.29) is 12.5 Å². The molecule has 0 amide bonds. The second-order valence-electron chi connectivity index (χ2n) is 3.94. The third kappa shape index (κ3) is 5.54. The number of ether oxygens (including phenoxy) is 1. The molecule has 0 spiro atoms. The summed E-state index contributed by atoms with van der Waals surface area (Å²) < 4.78 is 4.32. The lowest BCUT2D eigenvalue weighted by Gasteiger charge is -2.13. The standard InChI is InChI=1S/C6H8O6.C4H9N3O2/c7-1-2(8)5-3(9)4(10)6(11)12-5;1-7(4(5)6)2-3(8)9/h2,5,7-10H,1H2;2H2,1H3,(H3,5,6)(H,8,9)/t2-,5+;/m0./s1. The van der Waals surface area contributed by atoms with Crippen molar-refractivity contribution in [3.05, 3.63) is 11.5 Å². The number of nitrogens with one attached hydrogen (secondary N) is 1. The zero-order valence-electron chi connectivity index (χ0n) is 11.1. The van der Waals surface area contributed by atoms with E-state index in [1.807, 2.05) is 0 Å². The number of nitrogens with two attached hydrogens (primary N) is 1. The molecule has 1 rings (SSSR count). The summed E-state index contributed by atoms with van der Waals surface area (Å²) in [5, 5.41) is 49.9. The van der Waals surface area contributed by atoms with Gasteiger partial charge >= 0.3 is 11.9 Å². The number of aliphatic carboxylic acids is 1. The fourth-order valence-corrected chi connectivity index (χ4v) is 1.11. The number of esters is 1. The van der Waals surface area contributed by atoms with E-state index >= 15 is 0 Å². The van der Waals surface area contributed by atoms with Crippen molar-refractivity contribution in [3.8, 4) is 0 Å². The van der Waals surface area contributed by atoms with Crippen molar-refractivity contribution in [2.24, 2.45) is 5.73 Å². The number of carboxylic acid groups (broad SMARTS) is 1. The van der Waals surface area contributed by atoms with Crippen molar-refractivity contribution in [1.29, 1.82) is 5.41 Å². The van der Waals surface area contributed by atoms with Gasteiger partial charge in [-0.25, -0.2) is 4.79 Å². The van der Waals surface area contributed by atoms with Gasteiger partial charge in [0.1, 0.15) is 12.6 Å². The second kappa shape index (κ2) is 7.91. The van der Waals surface area contributed by atoms with E-state index in [1.165, 1.54) is 7.05 Å². The lowest BCUT2D eigenvalue weighted by Crippen LogP contribution is -2.36. The summed E-state index contributed by atoms with van der Waals surface area (Å²) >= 11 is 0. The SMILES string of the molecule is CN(CC(=O)O)C(=N)N.O=C1O[C@H]([C@@H](O)CO)C(O)=C1O. The quantitative estimate of drug-likeness (QED) is 0.165. The highest BCUT2D eigenvalue weighted by Crippen LogP contribution is 2.20. The minimum atomic E-state index is -1.42. The highest BCUT2D eigenvalue weighted by molar-refractivity contribution is 5.89. The van der Waals surface area contributed by atoms with E-state index in [9.17, 15) is 9.59 Å². The Labute approximate surface area is 119 Å². The molecule has 21 heavy (non-hydrogen) atoms. The molecular weight excluding hydrogens is 290 g/mol. The Kier molecular flexibility index (Phi) is 6.96. The van der Waals surface area contributed by atoms with Crippen molar-refractivity contribution in [2.45, 2.75) is 12.2 Å². The van der Waals surface area contributed by atoms with Crippen LogP contribution in [0.25, 0.3) is 0 Å². The van der Waals surface area contributed by atoms with E-state index in [0.717, 1.165) is 4.90 Å². The number of aliphatic hydroxyl groups is 4. The van der Waals surface area contributed by atoms with Crippen LogP contribution in [-0.4, -0.2) is 80.7 Å². The number of cyclic esters (lactones) is 1. The van der Waals surface area contributed by atoms with Crippen LogP contribution in [0.2, 0.25) is 0 Å². The Morgan fingerprint density at radius 2 is 2.05 bits per heavy atom. The van der Waals surface area contributed by atoms with E-state index in [2.05, 4.69) is 4.74 Å². The Hall–Kier alpha value is -2.53. The van der Waals surface area contributed by atoms with Crippen LogP contribution in [0.3, 0.4) is 0 Å². The lowest BCUT2D eigenvalue weighted by atomic mass is 10.2. The molecule has 0 aliphatic carbocycles. The minimum Gasteiger partial charge on any atom is -0.505 e. The molecule has 1 heterocycles. The van der Waals surface area contributed by atoms with Crippen molar-refractivity contribution in [3.63, 3.8) is 0 Å². The lowest BCUT2D eigenvalue weighted by molar-refractivity contribution is -0.147. The number of hydrogen-bond acceptors (Lipinski definition) is 8. The number of aliphatic hydroxyl groups excluding tert-OH is 4. The van der Waals surface area contributed by atoms with E-state index < -0.39 is 42.3 Å². The molecule has 11 nitrogen and oxygen atoms in total. The average molecular weight is 307 g/mol. The molecule has 11 heteroatoms. The van der Waals surface area contributed by atoms with Gasteiger partial charge in [-0.3, -0.25) is 10.2 Å². The van der Waals surface area contributed by atoms with Crippen LogP contribution >= 0.6 is 0 Å². The topological polar surface area (TPSA) is 198 Å². The Morgan fingerprint density at radius 3 is 2.29 bits per heavy atom. The number of guanidine groups is 1. The van der Waals surface area contributed by atoms with E-state index in [0.29, 0.717) is 0 Å². The van der Waals surface area contributed by atoms with Crippen molar-refractivity contribution >= 4 is 17.9 Å². The molecule has 2 atom stereocenters. The van der Waals surface area contributed by atoms with Crippen LogP contribution in [0, 0.1) is 5.41 Å². The highest BCUT2D eigenvalue weighted by atomic mass is 16.6. The molecule has 0 aromatic rings. The summed E-state index contributed by atoms with van der Waals surface area (Å²) in [7, 11) is 1.44. The van der Waals surface area contributed by atoms with Gasteiger partial charge in [-0.1, -0.05) is 0 Å². The molecule has 0 unspecified atom stereocenters. The number of likely N-dealkylation sites (N-methyl/N-ethyl adjacent to an activating group) is 1. The first kappa shape index (κ1) is 18.5. The molecule has 0 saturated heterocycles. The van der Waals surface area contributed by atoms with Gasteiger partial charge in [-0.05, 0) is 0 Å². The molecule has 0 aromatic carbocycles. The fraction of sp³-hybridized carbons (Fsp3) is 0.500. The van der Waals surface area contributed by atoms with Crippen LogP contribution in [0.4, 0.5) is 0 Å². The van der Waals surface area contributed by atoms with Crippen LogP contribution in [0.15, 0.2) is 11.5 Å². The number of carboxylic acids is 1. The Balaban J connectivity index is 0.000000400. The number of carbonyl (C=O) groups excluding carboxylic acids is 1. The largest absolute Gasteiger partial charge is 0.505 e. The minimum absolute atomic E-state index is 0.227. The van der Waals surface area contributed by atoms with Crippen molar-refractivity contribution in [1.82, 2.24) is 4.90 Å². The number of nitrogens with zero attached hydrogens (tertiary/aromatic N) is 1. The van der Waals surface area contributed by atoms with Gasteiger partial charge in [0.25, 0.3) is 0 Å². The van der Waals surface area contributed by atoms with Crippen LogP contribution < -0.4 is 5.73 Å². The third-order valence-corrected chi connectivity index (χ3v) is 2.26. The van der Waals surface area contributed by atoms with Gasteiger partial charge < -0.3 is 40.9 Å². The predicted octanol–water partition coefficient (Wildman–Crippen LogP) is -2.51. The van der Waals surface area contributed by atoms with Gasteiger partial charge in [0.15, 0.2) is 17.8 Å². The van der Waals surface area contributed by atoms with Gasteiger partial charge in [0.2, 0.25) is 5.76 Å². The van der Waals surface area contributed by atoms with Gasteiger partial charge in [-0.2, -0.15) is 0 Å². The molecule has 0 bridgehead atoms. The number of hydrogen-bond donors (Lipinski definition) is 7. The normalized spacial score (nSPS) is 18.4. The molecule has 120 valence electrons.